The maximum absolute atomic E-state index is 3.84. The molecule has 94 valence electrons. The quantitative estimate of drug-likeness (QED) is 0.766. The molecule has 5 unspecified atom stereocenters. The standard InChI is InChI=1S/C15H29N/c1-11-7-8-15(9-13(11)3)16-10-14-6-4-5-12(14)2/h11-16H,4-10H2,1-3H3. The van der Waals surface area contributed by atoms with Crippen LogP contribution in [0.25, 0.3) is 0 Å². The zero-order valence-corrected chi connectivity index (χ0v) is 11.3. The summed E-state index contributed by atoms with van der Waals surface area (Å²) < 4.78 is 0. The van der Waals surface area contributed by atoms with Crippen molar-refractivity contribution in [2.75, 3.05) is 6.54 Å². The van der Waals surface area contributed by atoms with Gasteiger partial charge in [0.1, 0.15) is 0 Å². The Kier molecular flexibility index (Phi) is 4.29. The molecule has 2 saturated carbocycles. The first-order valence-electron chi connectivity index (χ1n) is 7.40. The van der Waals surface area contributed by atoms with Crippen molar-refractivity contribution in [1.29, 1.82) is 0 Å². The minimum atomic E-state index is 0.819. The fraction of sp³-hybridized carbons (Fsp3) is 1.00. The summed E-state index contributed by atoms with van der Waals surface area (Å²) in [6.45, 7) is 8.56. The SMILES string of the molecule is CC1CCC(NCC2CCCC2C)CC1C. The lowest BCUT2D eigenvalue weighted by molar-refractivity contribution is 0.217. The normalized spacial score (nSPS) is 44.8. The number of hydrogen-bond acceptors (Lipinski definition) is 1. The fourth-order valence-electron chi connectivity index (χ4n) is 3.58. The van der Waals surface area contributed by atoms with E-state index in [1.807, 2.05) is 0 Å². The van der Waals surface area contributed by atoms with Gasteiger partial charge in [-0.05, 0) is 55.9 Å². The Bertz CT molecular complexity index is 213. The van der Waals surface area contributed by atoms with E-state index in [4.69, 9.17) is 0 Å². The molecule has 2 aliphatic rings. The predicted molar refractivity (Wildman–Crippen MR) is 70.5 cm³/mol. The second-order valence-corrected chi connectivity index (χ2v) is 6.54. The van der Waals surface area contributed by atoms with Gasteiger partial charge in [-0.25, -0.2) is 0 Å². The van der Waals surface area contributed by atoms with Gasteiger partial charge in [0.2, 0.25) is 0 Å². The fourth-order valence-corrected chi connectivity index (χ4v) is 3.58. The number of rotatable bonds is 3. The van der Waals surface area contributed by atoms with Crippen LogP contribution in [-0.4, -0.2) is 12.6 Å². The minimum absolute atomic E-state index is 0.819. The molecule has 0 aromatic rings. The first-order valence-corrected chi connectivity index (χ1v) is 7.40. The molecule has 0 heterocycles. The third-order valence-corrected chi connectivity index (χ3v) is 5.31. The predicted octanol–water partition coefficient (Wildman–Crippen LogP) is 3.84. The zero-order chi connectivity index (χ0) is 11.5. The zero-order valence-electron chi connectivity index (χ0n) is 11.3. The monoisotopic (exact) mass is 223 g/mol. The molecular weight excluding hydrogens is 194 g/mol. The van der Waals surface area contributed by atoms with Crippen LogP contribution in [0.4, 0.5) is 0 Å². The average molecular weight is 223 g/mol. The van der Waals surface area contributed by atoms with E-state index in [-0.39, 0.29) is 0 Å². The highest BCUT2D eigenvalue weighted by atomic mass is 14.9. The third kappa shape index (κ3) is 3.00. The number of nitrogens with one attached hydrogen (secondary N) is 1. The first-order chi connectivity index (χ1) is 7.66. The molecule has 1 heteroatoms. The second-order valence-electron chi connectivity index (χ2n) is 6.54. The van der Waals surface area contributed by atoms with E-state index in [0.29, 0.717) is 0 Å². The van der Waals surface area contributed by atoms with Gasteiger partial charge in [-0.1, -0.05) is 33.6 Å². The highest BCUT2D eigenvalue weighted by molar-refractivity contribution is 4.82. The van der Waals surface area contributed by atoms with Crippen molar-refractivity contribution >= 4 is 0 Å². The van der Waals surface area contributed by atoms with Crippen LogP contribution in [0.15, 0.2) is 0 Å². The first kappa shape index (κ1) is 12.4. The lowest BCUT2D eigenvalue weighted by Crippen LogP contribution is -2.39. The molecule has 1 N–H and O–H groups in total. The van der Waals surface area contributed by atoms with Crippen molar-refractivity contribution in [2.45, 2.75) is 65.3 Å². The molecule has 16 heavy (non-hydrogen) atoms. The topological polar surface area (TPSA) is 12.0 Å². The second kappa shape index (κ2) is 5.53. The van der Waals surface area contributed by atoms with Crippen LogP contribution in [-0.2, 0) is 0 Å². The van der Waals surface area contributed by atoms with Gasteiger partial charge >= 0.3 is 0 Å². The molecule has 0 amide bonds. The van der Waals surface area contributed by atoms with Crippen molar-refractivity contribution in [3.8, 4) is 0 Å². The van der Waals surface area contributed by atoms with E-state index in [1.54, 1.807) is 0 Å². The lowest BCUT2D eigenvalue weighted by Gasteiger charge is -2.33. The molecule has 1 nitrogen and oxygen atoms in total. The minimum Gasteiger partial charge on any atom is -0.314 e. The molecule has 2 rings (SSSR count). The van der Waals surface area contributed by atoms with Gasteiger partial charge in [0.25, 0.3) is 0 Å². The van der Waals surface area contributed by atoms with Crippen LogP contribution in [0.2, 0.25) is 0 Å². The molecule has 0 bridgehead atoms. The highest BCUT2D eigenvalue weighted by Gasteiger charge is 2.27. The summed E-state index contributed by atoms with van der Waals surface area (Å²) in [6.07, 6.45) is 8.64. The van der Waals surface area contributed by atoms with E-state index in [2.05, 4.69) is 26.1 Å². The van der Waals surface area contributed by atoms with Crippen LogP contribution < -0.4 is 5.32 Å². The van der Waals surface area contributed by atoms with E-state index in [0.717, 1.165) is 29.7 Å². The van der Waals surface area contributed by atoms with Crippen molar-refractivity contribution in [2.24, 2.45) is 23.7 Å². The van der Waals surface area contributed by atoms with Crippen molar-refractivity contribution in [3.63, 3.8) is 0 Å². The summed E-state index contributed by atoms with van der Waals surface area (Å²) in [7, 11) is 0. The molecule has 5 atom stereocenters. The van der Waals surface area contributed by atoms with Crippen LogP contribution >= 0.6 is 0 Å². The Morgan fingerprint density at radius 2 is 1.69 bits per heavy atom. The molecule has 0 aliphatic heterocycles. The van der Waals surface area contributed by atoms with Gasteiger partial charge in [-0.15, -0.1) is 0 Å². The summed E-state index contributed by atoms with van der Waals surface area (Å²) in [4.78, 5) is 0. The summed E-state index contributed by atoms with van der Waals surface area (Å²) >= 11 is 0. The molecule has 0 radical (unpaired) electrons. The van der Waals surface area contributed by atoms with Gasteiger partial charge in [-0.2, -0.15) is 0 Å². The van der Waals surface area contributed by atoms with Crippen LogP contribution in [0, 0.1) is 23.7 Å². The molecule has 2 fully saturated rings. The van der Waals surface area contributed by atoms with E-state index in [1.165, 1.54) is 45.1 Å². The molecular formula is C15H29N. The molecule has 0 spiro atoms. The Morgan fingerprint density at radius 1 is 0.875 bits per heavy atom. The van der Waals surface area contributed by atoms with Gasteiger partial charge in [0, 0.05) is 6.04 Å². The Labute approximate surface area is 101 Å². The third-order valence-electron chi connectivity index (χ3n) is 5.31. The smallest absolute Gasteiger partial charge is 0.00699 e. The summed E-state index contributed by atoms with van der Waals surface area (Å²) in [5.74, 6) is 3.80. The van der Waals surface area contributed by atoms with E-state index in [9.17, 15) is 0 Å². The Hall–Kier alpha value is -0.0400. The highest BCUT2D eigenvalue weighted by Crippen LogP contribution is 2.32. The summed E-state index contributed by atoms with van der Waals surface area (Å²) in [5, 5.41) is 3.84. The molecule has 0 saturated heterocycles. The summed E-state index contributed by atoms with van der Waals surface area (Å²) in [5.41, 5.74) is 0. The maximum atomic E-state index is 3.84. The van der Waals surface area contributed by atoms with Crippen LogP contribution in [0.5, 0.6) is 0 Å². The Balaban J connectivity index is 1.70. The molecule has 0 aromatic heterocycles. The molecule has 2 aliphatic carbocycles. The largest absolute Gasteiger partial charge is 0.314 e. The van der Waals surface area contributed by atoms with Gasteiger partial charge in [0.05, 0.1) is 0 Å². The maximum Gasteiger partial charge on any atom is 0.00699 e. The van der Waals surface area contributed by atoms with Gasteiger partial charge in [-0.3, -0.25) is 0 Å². The van der Waals surface area contributed by atoms with Crippen LogP contribution in [0.1, 0.15) is 59.3 Å². The Morgan fingerprint density at radius 3 is 2.31 bits per heavy atom. The van der Waals surface area contributed by atoms with Gasteiger partial charge < -0.3 is 5.32 Å². The van der Waals surface area contributed by atoms with Gasteiger partial charge in [0.15, 0.2) is 0 Å². The number of hydrogen-bond donors (Lipinski definition) is 1. The van der Waals surface area contributed by atoms with Crippen molar-refractivity contribution < 1.29 is 0 Å². The lowest BCUT2D eigenvalue weighted by atomic mass is 9.79. The summed E-state index contributed by atoms with van der Waals surface area (Å²) in [6, 6.07) is 0.819. The van der Waals surface area contributed by atoms with Crippen LogP contribution in [0.3, 0.4) is 0 Å². The molecule has 0 aromatic carbocycles. The van der Waals surface area contributed by atoms with Crippen molar-refractivity contribution in [1.82, 2.24) is 5.32 Å². The average Bonchev–Trinajstić information content (AvgIpc) is 2.66. The van der Waals surface area contributed by atoms with E-state index >= 15 is 0 Å². The van der Waals surface area contributed by atoms with E-state index < -0.39 is 0 Å². The van der Waals surface area contributed by atoms with Crippen molar-refractivity contribution in [3.05, 3.63) is 0 Å².